The van der Waals surface area contributed by atoms with Crippen LogP contribution < -0.4 is 0 Å². The number of nitrogens with zero attached hydrogens (tertiary/aromatic N) is 1. The zero-order valence-corrected chi connectivity index (χ0v) is 11.1. The minimum atomic E-state index is -3.10. The first-order valence-corrected chi connectivity index (χ1v) is 7.55. The summed E-state index contributed by atoms with van der Waals surface area (Å²) in [4.78, 5) is 15.2. The van der Waals surface area contributed by atoms with E-state index in [0.717, 1.165) is 6.08 Å². The van der Waals surface area contributed by atoms with E-state index in [1.165, 1.54) is 17.4 Å². The lowest BCUT2D eigenvalue weighted by Gasteiger charge is -1.95. The van der Waals surface area contributed by atoms with E-state index in [9.17, 15) is 13.2 Å². The molecule has 0 amide bonds. The van der Waals surface area contributed by atoms with Crippen molar-refractivity contribution in [3.8, 4) is 0 Å². The Balaban J connectivity index is 2.93. The van der Waals surface area contributed by atoms with Gasteiger partial charge in [0.2, 0.25) is 0 Å². The van der Waals surface area contributed by atoms with Gasteiger partial charge in [-0.2, -0.15) is 0 Å². The summed E-state index contributed by atoms with van der Waals surface area (Å²) in [5.41, 5.74) is 0.647. The largest absolute Gasteiger partial charge is 0.478 e. The maximum Gasteiger partial charge on any atom is 0.328 e. The number of sulfone groups is 1. The fraction of sp³-hybridized carbons (Fsp3) is 0.400. The smallest absolute Gasteiger partial charge is 0.328 e. The van der Waals surface area contributed by atoms with Crippen molar-refractivity contribution in [1.29, 1.82) is 0 Å². The molecule has 0 aromatic carbocycles. The molecule has 0 spiro atoms. The van der Waals surface area contributed by atoms with Crippen LogP contribution in [0.5, 0.6) is 0 Å². The van der Waals surface area contributed by atoms with Gasteiger partial charge in [-0.3, -0.25) is 0 Å². The van der Waals surface area contributed by atoms with Crippen molar-refractivity contribution < 1.29 is 18.3 Å². The van der Waals surface area contributed by atoms with Gasteiger partial charge in [-0.25, -0.2) is 18.2 Å². The molecule has 1 heterocycles. The summed E-state index contributed by atoms with van der Waals surface area (Å²) in [5.74, 6) is -1.05. The molecule has 17 heavy (non-hydrogen) atoms. The topological polar surface area (TPSA) is 84.3 Å². The van der Waals surface area contributed by atoms with Crippen LogP contribution in [0, 0.1) is 6.92 Å². The highest BCUT2D eigenvalue weighted by Gasteiger charge is 2.13. The fourth-order valence-corrected chi connectivity index (χ4v) is 3.30. The van der Waals surface area contributed by atoms with Crippen LogP contribution in [0.2, 0.25) is 0 Å². The van der Waals surface area contributed by atoms with Crippen LogP contribution in [0.25, 0.3) is 6.08 Å². The first-order valence-electron chi connectivity index (χ1n) is 4.92. The molecule has 5 nitrogen and oxygen atoms in total. The Morgan fingerprint density at radius 3 is 2.71 bits per heavy atom. The van der Waals surface area contributed by atoms with Crippen molar-refractivity contribution in [2.24, 2.45) is 0 Å². The second kappa shape index (κ2) is 5.42. The van der Waals surface area contributed by atoms with Gasteiger partial charge in [-0.15, -0.1) is 11.3 Å². The van der Waals surface area contributed by atoms with E-state index in [-0.39, 0.29) is 11.5 Å². The van der Waals surface area contributed by atoms with E-state index in [0.29, 0.717) is 15.6 Å². The molecule has 0 radical (unpaired) electrons. The third-order valence-corrected chi connectivity index (χ3v) is 4.94. The SMILES string of the molecule is CCS(=O)(=O)Cc1nc(C)c(/C=C/C(=O)O)s1. The number of rotatable bonds is 5. The zero-order valence-electron chi connectivity index (χ0n) is 9.50. The molecule has 0 atom stereocenters. The third kappa shape index (κ3) is 4.27. The van der Waals surface area contributed by atoms with Gasteiger partial charge in [0.25, 0.3) is 0 Å². The lowest BCUT2D eigenvalue weighted by molar-refractivity contribution is -0.131. The van der Waals surface area contributed by atoms with Crippen LogP contribution in [-0.2, 0) is 20.4 Å². The summed E-state index contributed by atoms with van der Waals surface area (Å²) < 4.78 is 22.8. The van der Waals surface area contributed by atoms with Crippen LogP contribution in [-0.4, -0.2) is 30.2 Å². The summed E-state index contributed by atoms with van der Waals surface area (Å²) in [6.07, 6.45) is 2.44. The second-order valence-corrected chi connectivity index (χ2v) is 6.87. The first-order chi connectivity index (χ1) is 7.84. The van der Waals surface area contributed by atoms with Crippen LogP contribution in [0.3, 0.4) is 0 Å². The minimum Gasteiger partial charge on any atom is -0.478 e. The molecule has 1 rings (SSSR count). The Labute approximate surface area is 104 Å². The Morgan fingerprint density at radius 2 is 2.18 bits per heavy atom. The fourth-order valence-electron chi connectivity index (χ4n) is 1.12. The Bertz CT molecular complexity index is 543. The Kier molecular flexibility index (Phi) is 4.41. The third-order valence-electron chi connectivity index (χ3n) is 2.04. The van der Waals surface area contributed by atoms with Gasteiger partial charge in [-0.05, 0) is 13.0 Å². The quantitative estimate of drug-likeness (QED) is 0.823. The highest BCUT2D eigenvalue weighted by atomic mass is 32.2. The first kappa shape index (κ1) is 13.9. The lowest BCUT2D eigenvalue weighted by Crippen LogP contribution is -2.06. The number of hydrogen-bond acceptors (Lipinski definition) is 5. The van der Waals surface area contributed by atoms with E-state index in [1.54, 1.807) is 13.8 Å². The van der Waals surface area contributed by atoms with E-state index in [4.69, 9.17) is 5.11 Å². The van der Waals surface area contributed by atoms with Crippen LogP contribution >= 0.6 is 11.3 Å². The molecule has 1 N–H and O–H groups in total. The maximum absolute atomic E-state index is 11.4. The van der Waals surface area contributed by atoms with Crippen molar-refractivity contribution in [2.75, 3.05) is 5.75 Å². The molecule has 0 aliphatic carbocycles. The Hall–Kier alpha value is -1.21. The van der Waals surface area contributed by atoms with Crippen molar-refractivity contribution in [3.63, 3.8) is 0 Å². The van der Waals surface area contributed by atoms with E-state index in [2.05, 4.69) is 4.98 Å². The highest BCUT2D eigenvalue weighted by molar-refractivity contribution is 7.90. The lowest BCUT2D eigenvalue weighted by atomic mass is 10.3. The van der Waals surface area contributed by atoms with Crippen molar-refractivity contribution in [1.82, 2.24) is 4.98 Å². The molecule has 7 heteroatoms. The van der Waals surface area contributed by atoms with E-state index >= 15 is 0 Å². The average molecular weight is 275 g/mol. The predicted molar refractivity (Wildman–Crippen MR) is 66.7 cm³/mol. The maximum atomic E-state index is 11.4. The number of carbonyl (C=O) groups is 1. The van der Waals surface area contributed by atoms with Gasteiger partial charge in [0.05, 0.1) is 10.6 Å². The normalized spacial score (nSPS) is 12.1. The highest BCUT2D eigenvalue weighted by Crippen LogP contribution is 2.21. The van der Waals surface area contributed by atoms with Crippen LogP contribution in [0.1, 0.15) is 22.5 Å². The average Bonchev–Trinajstić information content (AvgIpc) is 2.55. The Morgan fingerprint density at radius 1 is 1.53 bits per heavy atom. The molecule has 1 aromatic heterocycles. The molecule has 0 saturated heterocycles. The number of carboxylic acid groups (broad SMARTS) is 1. The molecular weight excluding hydrogens is 262 g/mol. The summed E-state index contributed by atoms with van der Waals surface area (Å²) in [7, 11) is -3.10. The second-order valence-electron chi connectivity index (χ2n) is 3.41. The van der Waals surface area contributed by atoms with Gasteiger partial charge in [0.15, 0.2) is 9.84 Å². The zero-order chi connectivity index (χ0) is 13.1. The molecule has 94 valence electrons. The van der Waals surface area contributed by atoms with Crippen LogP contribution in [0.15, 0.2) is 6.08 Å². The number of aromatic nitrogens is 1. The summed E-state index contributed by atoms with van der Waals surface area (Å²) >= 11 is 1.20. The van der Waals surface area contributed by atoms with Crippen molar-refractivity contribution >= 4 is 33.2 Å². The molecule has 0 bridgehead atoms. The summed E-state index contributed by atoms with van der Waals surface area (Å²) in [5, 5.41) is 8.99. The van der Waals surface area contributed by atoms with Crippen molar-refractivity contribution in [3.05, 3.63) is 21.7 Å². The van der Waals surface area contributed by atoms with Crippen molar-refractivity contribution in [2.45, 2.75) is 19.6 Å². The van der Waals surface area contributed by atoms with Gasteiger partial charge in [0.1, 0.15) is 10.8 Å². The molecule has 0 aliphatic rings. The summed E-state index contributed by atoms with van der Waals surface area (Å²) in [6, 6.07) is 0. The molecule has 0 fully saturated rings. The summed E-state index contributed by atoms with van der Waals surface area (Å²) in [6.45, 7) is 3.31. The molecule has 0 unspecified atom stereocenters. The van der Waals surface area contributed by atoms with E-state index < -0.39 is 15.8 Å². The number of aryl methyl sites for hydroxylation is 1. The monoisotopic (exact) mass is 275 g/mol. The number of thiazole rings is 1. The van der Waals surface area contributed by atoms with Gasteiger partial charge in [-0.1, -0.05) is 6.92 Å². The standard InChI is InChI=1S/C10H13NO4S2/c1-3-17(14,15)6-9-11-7(2)8(16-9)4-5-10(12)13/h4-5H,3,6H2,1-2H3,(H,12,13)/b5-4+. The van der Waals surface area contributed by atoms with E-state index in [1.807, 2.05) is 0 Å². The number of aliphatic carboxylic acids is 1. The van der Waals surface area contributed by atoms with Gasteiger partial charge < -0.3 is 5.11 Å². The van der Waals surface area contributed by atoms with Gasteiger partial charge in [0, 0.05) is 11.8 Å². The number of hydrogen-bond donors (Lipinski definition) is 1. The molecule has 1 aromatic rings. The predicted octanol–water partition coefficient (Wildman–Crippen LogP) is 1.48. The molecular formula is C10H13NO4S2. The molecule has 0 aliphatic heterocycles. The number of carboxylic acids is 1. The minimum absolute atomic E-state index is 0.0753. The van der Waals surface area contributed by atoms with Gasteiger partial charge >= 0.3 is 5.97 Å². The van der Waals surface area contributed by atoms with Crippen LogP contribution in [0.4, 0.5) is 0 Å². The molecule has 0 saturated carbocycles.